The summed E-state index contributed by atoms with van der Waals surface area (Å²) < 4.78 is 27.5. The zero-order valence-electron chi connectivity index (χ0n) is 17.5. The van der Waals surface area contributed by atoms with Gasteiger partial charge in [0, 0.05) is 32.7 Å². The van der Waals surface area contributed by atoms with E-state index in [1.807, 2.05) is 17.0 Å². The number of piperidine rings is 1. The molecule has 2 saturated heterocycles. The van der Waals surface area contributed by atoms with Crippen molar-refractivity contribution in [3.63, 3.8) is 0 Å². The summed E-state index contributed by atoms with van der Waals surface area (Å²) >= 11 is 0. The Bertz CT molecular complexity index is 791. The fraction of sp³-hybridized carbons (Fsp3) is 0.667. The van der Waals surface area contributed by atoms with Gasteiger partial charge in [-0.05, 0) is 49.5 Å². The predicted octanol–water partition coefficient (Wildman–Crippen LogP) is 2.16. The van der Waals surface area contributed by atoms with Gasteiger partial charge in [0.15, 0.2) is 0 Å². The number of carbonyl (C=O) groups excluding carboxylic acids is 1. The lowest BCUT2D eigenvalue weighted by molar-refractivity contribution is -0.138. The van der Waals surface area contributed by atoms with E-state index in [9.17, 15) is 13.2 Å². The molecule has 0 unspecified atom stereocenters. The second-order valence-electron chi connectivity index (χ2n) is 9.11. The van der Waals surface area contributed by atoms with Gasteiger partial charge in [-0.2, -0.15) is 4.31 Å². The fourth-order valence-electron chi connectivity index (χ4n) is 4.05. The molecular formula is C21H33N3O3S. The molecule has 28 heavy (non-hydrogen) atoms. The maximum atomic E-state index is 13.0. The molecule has 7 heteroatoms. The lowest BCUT2D eigenvalue weighted by Crippen LogP contribution is -2.53. The van der Waals surface area contributed by atoms with Gasteiger partial charge >= 0.3 is 0 Å². The molecule has 0 aromatic heterocycles. The average molecular weight is 408 g/mol. The van der Waals surface area contributed by atoms with Crippen molar-refractivity contribution in [3.05, 3.63) is 29.8 Å². The summed E-state index contributed by atoms with van der Waals surface area (Å²) in [5.41, 5.74) is 1.10. The van der Waals surface area contributed by atoms with E-state index in [0.29, 0.717) is 31.1 Å². The van der Waals surface area contributed by atoms with E-state index in [0.717, 1.165) is 31.5 Å². The Hall–Kier alpha value is -1.44. The number of hydrogen-bond acceptors (Lipinski definition) is 4. The van der Waals surface area contributed by atoms with Crippen molar-refractivity contribution >= 4 is 15.9 Å². The molecule has 0 saturated carbocycles. The van der Waals surface area contributed by atoms with Crippen molar-refractivity contribution in [3.8, 4) is 0 Å². The molecule has 6 nitrogen and oxygen atoms in total. The van der Waals surface area contributed by atoms with E-state index in [1.54, 1.807) is 12.1 Å². The molecular weight excluding hydrogens is 374 g/mol. The van der Waals surface area contributed by atoms with Gasteiger partial charge in [-0.25, -0.2) is 8.42 Å². The standard InChI is InChI=1S/C21H33N3O3S/c1-21(2,3)18-7-9-19(10-8-18)28(26,27)24-14-12-23(13-15-24)20(25)17-6-5-11-22(4)16-17/h7-10,17H,5-6,11-16H2,1-4H3/t17-/m1/s1. The first kappa shape index (κ1) is 21.3. The molecule has 0 aliphatic carbocycles. The van der Waals surface area contributed by atoms with Gasteiger partial charge in [0.1, 0.15) is 0 Å². The highest BCUT2D eigenvalue weighted by atomic mass is 32.2. The minimum atomic E-state index is -3.52. The number of carbonyl (C=O) groups is 1. The average Bonchev–Trinajstić information content (AvgIpc) is 2.67. The summed E-state index contributed by atoms with van der Waals surface area (Å²) in [4.78, 5) is 17.2. The van der Waals surface area contributed by atoms with Gasteiger partial charge in [0.05, 0.1) is 10.8 Å². The van der Waals surface area contributed by atoms with Crippen molar-refractivity contribution in [2.45, 2.75) is 43.9 Å². The maximum Gasteiger partial charge on any atom is 0.243 e. The van der Waals surface area contributed by atoms with Crippen molar-refractivity contribution in [2.24, 2.45) is 5.92 Å². The maximum absolute atomic E-state index is 13.0. The molecule has 2 heterocycles. The van der Waals surface area contributed by atoms with Crippen LogP contribution in [0, 0.1) is 5.92 Å². The molecule has 2 fully saturated rings. The minimum Gasteiger partial charge on any atom is -0.340 e. The molecule has 0 spiro atoms. The molecule has 3 rings (SSSR count). The zero-order valence-corrected chi connectivity index (χ0v) is 18.3. The van der Waals surface area contributed by atoms with Gasteiger partial charge in [-0.15, -0.1) is 0 Å². The first-order valence-electron chi connectivity index (χ1n) is 10.2. The molecule has 2 aliphatic heterocycles. The Kier molecular flexibility index (Phi) is 6.17. The number of rotatable bonds is 3. The smallest absolute Gasteiger partial charge is 0.243 e. The fourth-order valence-corrected chi connectivity index (χ4v) is 5.47. The molecule has 1 atom stereocenters. The van der Waals surface area contributed by atoms with E-state index in [4.69, 9.17) is 0 Å². The quantitative estimate of drug-likeness (QED) is 0.770. The van der Waals surface area contributed by atoms with Gasteiger partial charge in [0.25, 0.3) is 0 Å². The van der Waals surface area contributed by atoms with E-state index in [1.165, 1.54) is 4.31 Å². The van der Waals surface area contributed by atoms with Crippen molar-refractivity contribution in [2.75, 3.05) is 46.3 Å². The Balaban J connectivity index is 1.62. The van der Waals surface area contributed by atoms with Crippen LogP contribution in [0.2, 0.25) is 0 Å². The third kappa shape index (κ3) is 4.58. The second-order valence-corrected chi connectivity index (χ2v) is 11.0. The summed E-state index contributed by atoms with van der Waals surface area (Å²) in [6.45, 7) is 9.83. The topological polar surface area (TPSA) is 60.9 Å². The largest absolute Gasteiger partial charge is 0.340 e. The summed E-state index contributed by atoms with van der Waals surface area (Å²) in [5.74, 6) is 0.227. The van der Waals surface area contributed by atoms with E-state index in [2.05, 4.69) is 32.7 Å². The van der Waals surface area contributed by atoms with Crippen LogP contribution in [0.15, 0.2) is 29.2 Å². The van der Waals surface area contributed by atoms with Crippen LogP contribution >= 0.6 is 0 Å². The monoisotopic (exact) mass is 407 g/mol. The van der Waals surface area contributed by atoms with Crippen LogP contribution in [0.4, 0.5) is 0 Å². The van der Waals surface area contributed by atoms with Crippen molar-refractivity contribution in [1.29, 1.82) is 0 Å². The summed E-state index contributed by atoms with van der Waals surface area (Å²) in [6.07, 6.45) is 1.98. The Morgan fingerprint density at radius 3 is 2.14 bits per heavy atom. The van der Waals surface area contributed by atoms with Crippen LogP contribution < -0.4 is 0 Å². The lowest BCUT2D eigenvalue weighted by Gasteiger charge is -2.37. The third-order valence-corrected chi connectivity index (χ3v) is 7.80. The van der Waals surface area contributed by atoms with Gasteiger partial charge in [0.2, 0.25) is 15.9 Å². The van der Waals surface area contributed by atoms with Crippen molar-refractivity contribution in [1.82, 2.24) is 14.1 Å². The number of likely N-dealkylation sites (tertiary alicyclic amines) is 1. The number of piperazine rings is 1. The molecule has 0 bridgehead atoms. The number of nitrogens with zero attached hydrogens (tertiary/aromatic N) is 3. The van der Waals surface area contributed by atoms with Gasteiger partial charge in [-0.1, -0.05) is 32.9 Å². The van der Waals surface area contributed by atoms with Gasteiger partial charge < -0.3 is 9.80 Å². The summed E-state index contributed by atoms with van der Waals surface area (Å²) in [7, 11) is -1.47. The van der Waals surface area contributed by atoms with Crippen molar-refractivity contribution < 1.29 is 13.2 Å². The SMILES string of the molecule is CN1CCC[C@@H](C(=O)N2CCN(S(=O)(=O)c3ccc(C(C)(C)C)cc3)CC2)C1. The van der Waals surface area contributed by atoms with Crippen LogP contribution in [0.3, 0.4) is 0 Å². The molecule has 1 aromatic rings. The molecule has 2 aliphatic rings. The molecule has 1 aromatic carbocycles. The minimum absolute atomic E-state index is 0.0124. The normalized spacial score (nSPS) is 23.0. The Morgan fingerprint density at radius 2 is 1.61 bits per heavy atom. The summed E-state index contributed by atoms with van der Waals surface area (Å²) in [6, 6.07) is 7.19. The van der Waals surface area contributed by atoms with Crippen LogP contribution in [-0.4, -0.2) is 74.7 Å². The molecule has 0 radical (unpaired) electrons. The third-order valence-electron chi connectivity index (χ3n) is 5.88. The summed E-state index contributed by atoms with van der Waals surface area (Å²) in [5, 5.41) is 0. The van der Waals surface area contributed by atoms with E-state index < -0.39 is 10.0 Å². The van der Waals surface area contributed by atoms with E-state index in [-0.39, 0.29) is 17.2 Å². The molecule has 1 amide bonds. The Labute approximate surface area is 169 Å². The van der Waals surface area contributed by atoms with E-state index >= 15 is 0 Å². The Morgan fingerprint density at radius 1 is 1.00 bits per heavy atom. The number of amides is 1. The first-order chi connectivity index (χ1) is 13.1. The first-order valence-corrected chi connectivity index (χ1v) is 11.6. The van der Waals surface area contributed by atoms with Crippen LogP contribution in [0.5, 0.6) is 0 Å². The van der Waals surface area contributed by atoms with Crippen LogP contribution in [0.25, 0.3) is 0 Å². The highest BCUT2D eigenvalue weighted by Gasteiger charge is 2.33. The number of sulfonamides is 1. The van der Waals surface area contributed by atoms with Crippen LogP contribution in [-0.2, 0) is 20.2 Å². The molecule has 156 valence electrons. The predicted molar refractivity (Wildman–Crippen MR) is 111 cm³/mol. The second kappa shape index (κ2) is 8.13. The molecule has 0 N–H and O–H groups in total. The highest BCUT2D eigenvalue weighted by Crippen LogP contribution is 2.25. The number of hydrogen-bond donors (Lipinski definition) is 0. The lowest BCUT2D eigenvalue weighted by atomic mass is 9.87. The number of benzene rings is 1. The van der Waals surface area contributed by atoms with Gasteiger partial charge in [-0.3, -0.25) is 4.79 Å². The zero-order chi connectivity index (χ0) is 20.5. The highest BCUT2D eigenvalue weighted by molar-refractivity contribution is 7.89. The van der Waals surface area contributed by atoms with Crippen LogP contribution in [0.1, 0.15) is 39.2 Å².